The lowest BCUT2D eigenvalue weighted by Crippen LogP contribution is -1.99. The summed E-state index contributed by atoms with van der Waals surface area (Å²) in [6.45, 7) is 1.55. The summed E-state index contributed by atoms with van der Waals surface area (Å²) in [5.41, 5.74) is 0.374. The Kier molecular flexibility index (Phi) is 4.45. The Morgan fingerprint density at radius 3 is 2.68 bits per heavy atom. The van der Waals surface area contributed by atoms with Gasteiger partial charge in [-0.2, -0.15) is 0 Å². The predicted molar refractivity (Wildman–Crippen MR) is 76.3 cm³/mol. The van der Waals surface area contributed by atoms with Gasteiger partial charge in [0, 0.05) is 10.0 Å². The number of halogens is 3. The molecule has 0 saturated carbocycles. The van der Waals surface area contributed by atoms with Gasteiger partial charge in [0.05, 0.1) is 11.1 Å². The third-order valence-corrected chi connectivity index (χ3v) is 3.34. The molecule has 0 aliphatic heterocycles. The standard InChI is InChI=1S/C14H11BrClFO2/c1-8(18)10-3-2-4-12(17)14(10)19-13-6-5-9(15)7-11(13)16/h2-8,18H,1H3. The SMILES string of the molecule is CC(O)c1cccc(F)c1Oc1ccc(Br)cc1Cl. The molecule has 1 unspecified atom stereocenters. The highest BCUT2D eigenvalue weighted by atomic mass is 79.9. The maximum Gasteiger partial charge on any atom is 0.168 e. The first-order chi connectivity index (χ1) is 8.99. The maximum atomic E-state index is 13.8. The lowest BCUT2D eigenvalue weighted by Gasteiger charge is -2.14. The smallest absolute Gasteiger partial charge is 0.168 e. The number of aliphatic hydroxyl groups excluding tert-OH is 1. The van der Waals surface area contributed by atoms with E-state index in [0.29, 0.717) is 16.3 Å². The van der Waals surface area contributed by atoms with E-state index in [0.717, 1.165) is 4.47 Å². The fourth-order valence-electron chi connectivity index (χ4n) is 1.63. The molecule has 2 rings (SSSR count). The van der Waals surface area contributed by atoms with Gasteiger partial charge in [0.2, 0.25) is 0 Å². The largest absolute Gasteiger partial charge is 0.452 e. The summed E-state index contributed by atoms with van der Waals surface area (Å²) in [5.74, 6) is -0.226. The van der Waals surface area contributed by atoms with Crippen molar-refractivity contribution in [3.8, 4) is 11.5 Å². The zero-order chi connectivity index (χ0) is 14.0. The van der Waals surface area contributed by atoms with E-state index in [4.69, 9.17) is 16.3 Å². The minimum Gasteiger partial charge on any atom is -0.452 e. The first-order valence-corrected chi connectivity index (χ1v) is 6.75. The Bertz CT molecular complexity index is 602. The third kappa shape index (κ3) is 3.26. The first-order valence-electron chi connectivity index (χ1n) is 5.58. The number of benzene rings is 2. The average Bonchev–Trinajstić information content (AvgIpc) is 2.34. The van der Waals surface area contributed by atoms with Crippen molar-refractivity contribution in [3.05, 3.63) is 57.3 Å². The van der Waals surface area contributed by atoms with Crippen molar-refractivity contribution in [2.75, 3.05) is 0 Å². The van der Waals surface area contributed by atoms with Crippen molar-refractivity contribution >= 4 is 27.5 Å². The van der Waals surface area contributed by atoms with Crippen molar-refractivity contribution < 1.29 is 14.2 Å². The molecular formula is C14H11BrClFO2. The highest BCUT2D eigenvalue weighted by molar-refractivity contribution is 9.10. The number of aliphatic hydroxyl groups is 1. The van der Waals surface area contributed by atoms with Crippen LogP contribution in [-0.2, 0) is 0 Å². The molecule has 2 aromatic rings. The van der Waals surface area contributed by atoms with Gasteiger partial charge in [-0.15, -0.1) is 0 Å². The summed E-state index contributed by atoms with van der Waals surface area (Å²) in [5, 5.41) is 9.99. The normalized spacial score (nSPS) is 12.3. The van der Waals surface area contributed by atoms with Crippen LogP contribution in [-0.4, -0.2) is 5.11 Å². The van der Waals surface area contributed by atoms with Crippen LogP contribution in [0.4, 0.5) is 4.39 Å². The van der Waals surface area contributed by atoms with Gasteiger partial charge in [-0.25, -0.2) is 4.39 Å². The molecular weight excluding hydrogens is 335 g/mol. The Labute approximate surface area is 123 Å². The molecule has 19 heavy (non-hydrogen) atoms. The van der Waals surface area contributed by atoms with Crippen LogP contribution >= 0.6 is 27.5 Å². The van der Waals surface area contributed by atoms with Crippen molar-refractivity contribution in [1.82, 2.24) is 0 Å². The fourth-order valence-corrected chi connectivity index (χ4v) is 2.34. The fraction of sp³-hybridized carbons (Fsp3) is 0.143. The lowest BCUT2D eigenvalue weighted by atomic mass is 10.1. The molecule has 2 aromatic carbocycles. The van der Waals surface area contributed by atoms with E-state index in [1.54, 1.807) is 31.2 Å². The van der Waals surface area contributed by atoms with Crippen molar-refractivity contribution in [2.24, 2.45) is 0 Å². The molecule has 0 fully saturated rings. The summed E-state index contributed by atoms with van der Waals surface area (Å²) >= 11 is 9.30. The Morgan fingerprint density at radius 2 is 2.05 bits per heavy atom. The molecule has 1 N–H and O–H groups in total. The van der Waals surface area contributed by atoms with Gasteiger partial charge in [0.25, 0.3) is 0 Å². The highest BCUT2D eigenvalue weighted by Gasteiger charge is 2.16. The van der Waals surface area contributed by atoms with Gasteiger partial charge in [-0.05, 0) is 31.2 Å². The average molecular weight is 346 g/mol. The van der Waals surface area contributed by atoms with E-state index in [-0.39, 0.29) is 5.75 Å². The highest BCUT2D eigenvalue weighted by Crippen LogP contribution is 2.36. The molecule has 0 radical (unpaired) electrons. The summed E-state index contributed by atoms with van der Waals surface area (Å²) in [7, 11) is 0. The maximum absolute atomic E-state index is 13.8. The number of hydrogen-bond acceptors (Lipinski definition) is 2. The van der Waals surface area contributed by atoms with Gasteiger partial charge in [-0.1, -0.05) is 39.7 Å². The summed E-state index contributed by atoms with van der Waals surface area (Å²) < 4.78 is 20.1. The van der Waals surface area contributed by atoms with Crippen molar-refractivity contribution in [3.63, 3.8) is 0 Å². The van der Waals surface area contributed by atoms with Gasteiger partial charge in [0.15, 0.2) is 11.6 Å². The molecule has 100 valence electrons. The molecule has 0 aliphatic carbocycles. The summed E-state index contributed by atoms with van der Waals surface area (Å²) in [6, 6.07) is 9.42. The molecule has 0 bridgehead atoms. The second kappa shape index (κ2) is 5.90. The van der Waals surface area contributed by atoms with E-state index in [9.17, 15) is 9.50 Å². The van der Waals surface area contributed by atoms with Crippen LogP contribution < -0.4 is 4.74 Å². The topological polar surface area (TPSA) is 29.5 Å². The van der Waals surface area contributed by atoms with Gasteiger partial charge in [-0.3, -0.25) is 0 Å². The molecule has 5 heteroatoms. The quantitative estimate of drug-likeness (QED) is 0.840. The van der Waals surface area contributed by atoms with Crippen LogP contribution in [0, 0.1) is 5.82 Å². The van der Waals surface area contributed by atoms with Crippen LogP contribution in [0.15, 0.2) is 40.9 Å². The van der Waals surface area contributed by atoms with Gasteiger partial charge >= 0.3 is 0 Å². The summed E-state index contributed by atoms with van der Waals surface area (Å²) in [6.07, 6.45) is -0.833. The number of hydrogen-bond donors (Lipinski definition) is 1. The first kappa shape index (κ1) is 14.3. The Hall–Kier alpha value is -1.10. The number of rotatable bonds is 3. The van der Waals surface area contributed by atoms with Crippen LogP contribution in [0.1, 0.15) is 18.6 Å². The molecule has 0 aromatic heterocycles. The zero-order valence-electron chi connectivity index (χ0n) is 10.0. The van der Waals surface area contributed by atoms with E-state index in [1.807, 2.05) is 0 Å². The molecule has 1 atom stereocenters. The van der Waals surface area contributed by atoms with Gasteiger partial charge in [0.1, 0.15) is 5.75 Å². The van der Waals surface area contributed by atoms with Crippen LogP contribution in [0.3, 0.4) is 0 Å². The number of para-hydroxylation sites is 1. The van der Waals surface area contributed by atoms with E-state index in [2.05, 4.69) is 15.9 Å². The zero-order valence-corrected chi connectivity index (χ0v) is 12.4. The second-order valence-corrected chi connectivity index (χ2v) is 5.33. The van der Waals surface area contributed by atoms with Crippen LogP contribution in [0.2, 0.25) is 5.02 Å². The van der Waals surface area contributed by atoms with Crippen LogP contribution in [0.25, 0.3) is 0 Å². The Balaban J connectivity index is 2.43. The minimum atomic E-state index is -0.833. The lowest BCUT2D eigenvalue weighted by molar-refractivity contribution is 0.194. The van der Waals surface area contributed by atoms with Gasteiger partial charge < -0.3 is 9.84 Å². The molecule has 2 nitrogen and oxygen atoms in total. The summed E-state index contributed by atoms with van der Waals surface area (Å²) in [4.78, 5) is 0. The monoisotopic (exact) mass is 344 g/mol. The molecule has 0 amide bonds. The molecule has 0 saturated heterocycles. The second-order valence-electron chi connectivity index (χ2n) is 4.01. The molecule has 0 heterocycles. The third-order valence-electron chi connectivity index (χ3n) is 2.55. The van der Waals surface area contributed by atoms with E-state index >= 15 is 0 Å². The predicted octanol–water partition coefficient (Wildman–Crippen LogP) is 5.09. The number of ether oxygens (including phenoxy) is 1. The van der Waals surface area contributed by atoms with E-state index in [1.165, 1.54) is 12.1 Å². The molecule has 0 aliphatic rings. The van der Waals surface area contributed by atoms with Crippen LogP contribution in [0.5, 0.6) is 11.5 Å². The Morgan fingerprint density at radius 1 is 1.32 bits per heavy atom. The van der Waals surface area contributed by atoms with E-state index < -0.39 is 11.9 Å². The molecule has 0 spiro atoms. The van der Waals surface area contributed by atoms with Crippen molar-refractivity contribution in [1.29, 1.82) is 0 Å². The van der Waals surface area contributed by atoms with Crippen molar-refractivity contribution in [2.45, 2.75) is 13.0 Å². The minimum absolute atomic E-state index is 0.0123.